The summed E-state index contributed by atoms with van der Waals surface area (Å²) in [5.41, 5.74) is 9.20. The Morgan fingerprint density at radius 2 is 2.17 bits per heavy atom. The third-order valence-electron chi connectivity index (χ3n) is 3.05. The fourth-order valence-corrected chi connectivity index (χ4v) is 1.97. The number of nitrogen functional groups attached to an aromatic ring is 1. The number of hydrogen-bond acceptors (Lipinski definition) is 2. The average Bonchev–Trinajstić information content (AvgIpc) is 2.63. The first-order valence-corrected chi connectivity index (χ1v) is 5.98. The third kappa shape index (κ3) is 2.38. The van der Waals surface area contributed by atoms with Gasteiger partial charge in [0.05, 0.1) is 18.6 Å². The predicted octanol–water partition coefficient (Wildman–Crippen LogP) is 2.49. The van der Waals surface area contributed by atoms with Gasteiger partial charge < -0.3 is 10.3 Å². The van der Waals surface area contributed by atoms with Crippen molar-refractivity contribution >= 4 is 17.4 Å². The lowest BCUT2D eigenvalue weighted by atomic mass is 10.1. The summed E-state index contributed by atoms with van der Waals surface area (Å²) in [4.78, 5) is 4.25. The molecule has 18 heavy (non-hydrogen) atoms. The van der Waals surface area contributed by atoms with Gasteiger partial charge >= 0.3 is 0 Å². The van der Waals surface area contributed by atoms with Crippen LogP contribution in [0.3, 0.4) is 0 Å². The van der Waals surface area contributed by atoms with Crippen LogP contribution in [0.2, 0.25) is 5.02 Å². The summed E-state index contributed by atoms with van der Waals surface area (Å²) in [7, 11) is 0. The van der Waals surface area contributed by atoms with Gasteiger partial charge in [-0.15, -0.1) is 0 Å². The Bertz CT molecular complexity index is 601. The predicted molar refractivity (Wildman–Crippen MR) is 73.3 cm³/mol. The summed E-state index contributed by atoms with van der Waals surface area (Å²) in [6.07, 6.45) is 1.81. The highest BCUT2D eigenvalue weighted by Crippen LogP contribution is 2.20. The number of nitrogens with one attached hydrogen (secondary N) is 1. The molecule has 3 N–H and O–H groups in total. The summed E-state index contributed by atoms with van der Waals surface area (Å²) >= 11 is 6.20. The molecule has 0 atom stereocenters. The molecule has 2 aromatic rings. The van der Waals surface area contributed by atoms with Crippen LogP contribution in [0, 0.1) is 19.3 Å². The van der Waals surface area contributed by atoms with Gasteiger partial charge in [0.15, 0.2) is 0 Å². The first-order valence-electron chi connectivity index (χ1n) is 5.60. The number of hydrogen-bond donors (Lipinski definition) is 2. The fraction of sp³-hybridized carbons (Fsp3) is 0.231. The van der Waals surface area contributed by atoms with Crippen LogP contribution in [-0.4, -0.2) is 15.4 Å². The lowest BCUT2D eigenvalue weighted by Gasteiger charge is -2.09. The highest BCUT2D eigenvalue weighted by atomic mass is 35.5. The number of amidine groups is 1. The van der Waals surface area contributed by atoms with Crippen LogP contribution in [-0.2, 0) is 6.54 Å². The van der Waals surface area contributed by atoms with Gasteiger partial charge in [0.2, 0.25) is 0 Å². The minimum Gasteiger partial charge on any atom is -0.384 e. The fourth-order valence-electron chi connectivity index (χ4n) is 1.73. The molecule has 2 rings (SSSR count). The molecule has 0 saturated carbocycles. The van der Waals surface area contributed by atoms with E-state index in [1.54, 1.807) is 12.4 Å². The number of aromatic nitrogens is 2. The zero-order valence-electron chi connectivity index (χ0n) is 10.4. The lowest BCUT2D eigenvalue weighted by Crippen LogP contribution is -2.11. The molecule has 0 radical (unpaired) electrons. The molecule has 0 unspecified atom stereocenters. The Kier molecular flexibility index (Phi) is 3.39. The van der Waals surface area contributed by atoms with E-state index in [0.717, 1.165) is 17.0 Å². The highest BCUT2D eigenvalue weighted by Gasteiger charge is 2.07. The summed E-state index contributed by atoms with van der Waals surface area (Å²) in [5.74, 6) is 0.0260. The minimum absolute atomic E-state index is 0.0260. The van der Waals surface area contributed by atoms with Gasteiger partial charge in [-0.25, -0.2) is 4.98 Å². The van der Waals surface area contributed by atoms with Gasteiger partial charge in [0, 0.05) is 16.3 Å². The second kappa shape index (κ2) is 4.82. The number of nitrogens with zero attached hydrogens (tertiary/aromatic N) is 2. The normalized spacial score (nSPS) is 10.6. The summed E-state index contributed by atoms with van der Waals surface area (Å²) < 4.78 is 2.05. The van der Waals surface area contributed by atoms with Crippen molar-refractivity contribution in [3.8, 4) is 0 Å². The van der Waals surface area contributed by atoms with Gasteiger partial charge in [0.1, 0.15) is 5.84 Å². The molecular weight excluding hydrogens is 248 g/mol. The van der Waals surface area contributed by atoms with E-state index in [0.29, 0.717) is 17.1 Å². The number of benzene rings is 1. The van der Waals surface area contributed by atoms with Gasteiger partial charge in [0.25, 0.3) is 0 Å². The Hall–Kier alpha value is -1.81. The quantitative estimate of drug-likeness (QED) is 0.659. The molecule has 94 valence electrons. The van der Waals surface area contributed by atoms with Crippen LogP contribution in [0.1, 0.15) is 22.5 Å². The van der Waals surface area contributed by atoms with E-state index in [4.69, 9.17) is 22.7 Å². The van der Waals surface area contributed by atoms with Crippen LogP contribution >= 0.6 is 11.6 Å². The third-order valence-corrected chi connectivity index (χ3v) is 3.40. The molecule has 0 aliphatic heterocycles. The van der Waals surface area contributed by atoms with Gasteiger partial charge in [-0.05, 0) is 25.5 Å². The smallest absolute Gasteiger partial charge is 0.122 e. The number of aryl methyl sites for hydroxylation is 1. The molecular formula is C13H15ClN4. The minimum atomic E-state index is 0.0260. The summed E-state index contributed by atoms with van der Waals surface area (Å²) in [5, 5.41) is 7.98. The van der Waals surface area contributed by atoms with E-state index >= 15 is 0 Å². The Labute approximate surface area is 111 Å². The van der Waals surface area contributed by atoms with Crippen molar-refractivity contribution in [2.45, 2.75) is 20.4 Å². The van der Waals surface area contributed by atoms with Crippen LogP contribution in [0.25, 0.3) is 0 Å². The highest BCUT2D eigenvalue weighted by molar-refractivity contribution is 6.31. The maximum absolute atomic E-state index is 7.37. The van der Waals surface area contributed by atoms with E-state index in [1.807, 2.05) is 30.5 Å². The summed E-state index contributed by atoms with van der Waals surface area (Å²) in [6.45, 7) is 4.68. The van der Waals surface area contributed by atoms with Gasteiger partial charge in [-0.3, -0.25) is 5.41 Å². The maximum atomic E-state index is 7.37. The molecule has 0 aliphatic rings. The van der Waals surface area contributed by atoms with Gasteiger partial charge in [-0.1, -0.05) is 23.7 Å². The van der Waals surface area contributed by atoms with E-state index in [2.05, 4.69) is 4.98 Å². The van der Waals surface area contributed by atoms with Crippen LogP contribution < -0.4 is 5.73 Å². The molecule has 0 spiro atoms. The number of halogens is 1. The molecule has 1 heterocycles. The molecule has 1 aromatic heterocycles. The van der Waals surface area contributed by atoms with Crippen molar-refractivity contribution in [3.63, 3.8) is 0 Å². The first kappa shape index (κ1) is 12.6. The number of rotatable bonds is 3. The SMILES string of the molecule is Cc1ncn(Cc2ccc(C(=N)N)cc2Cl)c1C. The first-order chi connectivity index (χ1) is 8.49. The molecule has 0 bridgehead atoms. The van der Waals surface area contributed by atoms with Crippen molar-refractivity contribution < 1.29 is 0 Å². The van der Waals surface area contributed by atoms with Crippen molar-refractivity contribution in [2.75, 3.05) is 0 Å². The molecule has 1 aromatic carbocycles. The van der Waals surface area contributed by atoms with Crippen molar-refractivity contribution in [2.24, 2.45) is 5.73 Å². The van der Waals surface area contributed by atoms with Gasteiger partial charge in [-0.2, -0.15) is 0 Å². The number of nitrogens with two attached hydrogens (primary N) is 1. The topological polar surface area (TPSA) is 67.7 Å². The van der Waals surface area contributed by atoms with E-state index in [1.165, 1.54) is 0 Å². The molecule has 0 amide bonds. The Morgan fingerprint density at radius 3 is 2.67 bits per heavy atom. The zero-order valence-corrected chi connectivity index (χ0v) is 11.1. The number of imidazole rings is 1. The largest absolute Gasteiger partial charge is 0.384 e. The lowest BCUT2D eigenvalue weighted by molar-refractivity contribution is 0.769. The average molecular weight is 263 g/mol. The molecule has 0 saturated heterocycles. The molecule has 0 fully saturated rings. The van der Waals surface area contributed by atoms with Crippen molar-refractivity contribution in [1.29, 1.82) is 5.41 Å². The van der Waals surface area contributed by atoms with Crippen LogP contribution in [0.4, 0.5) is 0 Å². The maximum Gasteiger partial charge on any atom is 0.122 e. The van der Waals surface area contributed by atoms with Crippen LogP contribution in [0.5, 0.6) is 0 Å². The van der Waals surface area contributed by atoms with Crippen molar-refractivity contribution in [1.82, 2.24) is 9.55 Å². The zero-order chi connectivity index (χ0) is 13.3. The standard InChI is InChI=1S/C13H15ClN4/c1-8-9(2)18(7-17-8)6-11-4-3-10(13(15)16)5-12(11)14/h3-5,7H,6H2,1-2H3,(H3,15,16). The second-order valence-electron chi connectivity index (χ2n) is 4.26. The molecule has 4 nitrogen and oxygen atoms in total. The van der Waals surface area contributed by atoms with Crippen LogP contribution in [0.15, 0.2) is 24.5 Å². The Balaban J connectivity index is 2.30. The van der Waals surface area contributed by atoms with E-state index in [-0.39, 0.29) is 5.84 Å². The Morgan fingerprint density at radius 1 is 1.44 bits per heavy atom. The summed E-state index contributed by atoms with van der Waals surface area (Å²) in [6, 6.07) is 5.43. The van der Waals surface area contributed by atoms with E-state index in [9.17, 15) is 0 Å². The van der Waals surface area contributed by atoms with Crippen molar-refractivity contribution in [3.05, 3.63) is 52.1 Å². The van der Waals surface area contributed by atoms with E-state index < -0.39 is 0 Å². The monoisotopic (exact) mass is 262 g/mol. The molecule has 0 aliphatic carbocycles. The molecule has 5 heteroatoms. The second-order valence-corrected chi connectivity index (χ2v) is 4.67.